The molecule has 7 heavy (non-hydrogen) atoms. The van der Waals surface area contributed by atoms with E-state index < -0.39 is 7.75 Å². The van der Waals surface area contributed by atoms with Crippen LogP contribution in [-0.2, 0) is 17.3 Å². The van der Waals surface area contributed by atoms with Gasteiger partial charge in [0.1, 0.15) is 0 Å². The molecule has 0 heterocycles. The molecule has 44 valence electrons. The van der Waals surface area contributed by atoms with Crippen molar-refractivity contribution in [2.24, 2.45) is 0 Å². The van der Waals surface area contributed by atoms with Crippen molar-refractivity contribution in [2.45, 2.75) is 0 Å². The first-order valence-corrected chi connectivity index (χ1v) is 13.5. The molecule has 0 unspecified atom stereocenters. The molecular weight excluding hydrogens is 411 g/mol. The second-order valence-electron chi connectivity index (χ2n) is 0.644. The predicted octanol–water partition coefficient (Wildman–Crippen LogP) is 1.22. The maximum absolute atomic E-state index is 9.89. The van der Waals surface area contributed by atoms with E-state index in [0.717, 1.165) is 9.76 Å². The van der Waals surface area contributed by atoms with Crippen LogP contribution in [0.4, 0.5) is 0 Å². The molecule has 0 saturated carbocycles. The van der Waals surface area contributed by atoms with Gasteiger partial charge in [0.2, 0.25) is 0 Å². The van der Waals surface area contributed by atoms with E-state index in [0.29, 0.717) is 0 Å². The van der Waals surface area contributed by atoms with E-state index in [1.54, 1.807) is 0 Å². The minimum atomic E-state index is -2.35. The van der Waals surface area contributed by atoms with Gasteiger partial charge in [-0.1, -0.05) is 0 Å². The van der Waals surface area contributed by atoms with Gasteiger partial charge in [0.15, 0.2) is 0 Å². The summed E-state index contributed by atoms with van der Waals surface area (Å²) in [5.74, 6) is 0. The molecule has 0 aromatic heterocycles. The van der Waals surface area contributed by atoms with Gasteiger partial charge in [-0.3, -0.25) is 0 Å². The molecule has 0 aromatic rings. The van der Waals surface area contributed by atoms with Crippen molar-refractivity contribution >= 4 is 49.3 Å². The summed E-state index contributed by atoms with van der Waals surface area (Å²) in [6, 6.07) is 0. The van der Waals surface area contributed by atoms with Crippen molar-refractivity contribution in [3.63, 3.8) is 0 Å². The van der Waals surface area contributed by atoms with Crippen LogP contribution >= 0.6 is 39.5 Å². The standard InChI is InChI=1S/2CHO.2HI.Ru/c2*1-2;;;/h2*1H;2*1H;/q;;;;+2/p-2. The summed E-state index contributed by atoms with van der Waals surface area (Å²) in [5, 5.41) is 0. The average Bonchev–Trinajstić information content (AvgIpc) is 1.68. The first-order valence-electron chi connectivity index (χ1n) is 1.15. The molecule has 2 nitrogen and oxygen atoms in total. The average molecular weight is 413 g/mol. The predicted molar refractivity (Wildman–Crippen MR) is 41.5 cm³/mol. The van der Waals surface area contributed by atoms with E-state index in [1.807, 2.05) is 39.5 Å². The summed E-state index contributed by atoms with van der Waals surface area (Å²) in [4.78, 5) is 21.3. The molecule has 0 fully saturated rings. The molecule has 0 aliphatic heterocycles. The molecule has 0 aromatic carbocycles. The van der Waals surface area contributed by atoms with Gasteiger partial charge in [0.05, 0.1) is 0 Å². The molecule has 0 amide bonds. The number of carbonyl (C=O) groups excluding carboxylic acids is 2. The summed E-state index contributed by atoms with van der Waals surface area (Å²) >= 11 is 3.85. The third kappa shape index (κ3) is 3.96. The van der Waals surface area contributed by atoms with Crippen molar-refractivity contribution in [3.05, 3.63) is 0 Å². The van der Waals surface area contributed by atoms with Gasteiger partial charge in [0.25, 0.3) is 0 Å². The fraction of sp³-hybridized carbons (Fsp3) is 0. The summed E-state index contributed by atoms with van der Waals surface area (Å²) in [6.07, 6.45) is 0. The van der Waals surface area contributed by atoms with Crippen LogP contribution in [0.1, 0.15) is 0 Å². The second-order valence-corrected chi connectivity index (χ2v) is 27.4. The quantitative estimate of drug-likeness (QED) is 0.388. The van der Waals surface area contributed by atoms with E-state index in [-0.39, 0.29) is 0 Å². The number of hydrogen-bond donors (Lipinski definition) is 0. The van der Waals surface area contributed by atoms with E-state index in [4.69, 9.17) is 0 Å². The van der Waals surface area contributed by atoms with Gasteiger partial charge >= 0.3 is 66.6 Å². The Kier molecular flexibility index (Phi) is 4.15. The SMILES string of the molecule is O=[CH][Ru]([I])([I])[CH]=O. The van der Waals surface area contributed by atoms with E-state index in [9.17, 15) is 9.59 Å². The van der Waals surface area contributed by atoms with Crippen molar-refractivity contribution in [1.29, 1.82) is 0 Å². The molecule has 0 radical (unpaired) electrons. The van der Waals surface area contributed by atoms with Crippen LogP contribution in [0.2, 0.25) is 0 Å². The van der Waals surface area contributed by atoms with Crippen LogP contribution in [0.25, 0.3) is 0 Å². The molecule has 0 saturated heterocycles. The van der Waals surface area contributed by atoms with Crippen molar-refractivity contribution in [2.75, 3.05) is 0 Å². The van der Waals surface area contributed by atoms with Crippen molar-refractivity contribution in [1.82, 2.24) is 0 Å². The molecule has 5 heteroatoms. The Morgan fingerprint density at radius 3 is 1.43 bits per heavy atom. The minimum absolute atomic E-state index is 0.768. The van der Waals surface area contributed by atoms with Crippen LogP contribution in [0, 0.1) is 0 Å². The molecule has 0 aliphatic rings. The normalized spacial score (nSPS) is 12.9. The van der Waals surface area contributed by atoms with Gasteiger partial charge in [-0.15, -0.1) is 0 Å². The van der Waals surface area contributed by atoms with E-state index >= 15 is 0 Å². The Morgan fingerprint density at radius 1 is 1.14 bits per heavy atom. The zero-order valence-electron chi connectivity index (χ0n) is 3.08. The maximum atomic E-state index is 9.89. The van der Waals surface area contributed by atoms with Gasteiger partial charge in [0, 0.05) is 0 Å². The number of rotatable bonds is 2. The van der Waals surface area contributed by atoms with Crippen LogP contribution in [0.3, 0.4) is 0 Å². The Hall–Kier alpha value is 1.42. The monoisotopic (exact) mass is 414 g/mol. The summed E-state index contributed by atoms with van der Waals surface area (Å²) in [6.45, 7) is 0. The Balaban J connectivity index is 3.82. The van der Waals surface area contributed by atoms with Gasteiger partial charge in [-0.2, -0.15) is 0 Å². The zero-order chi connectivity index (χ0) is 5.91. The molecular formula is C2H2I2O2Ru. The van der Waals surface area contributed by atoms with E-state index in [1.165, 1.54) is 0 Å². The molecule has 0 N–H and O–H groups in total. The Labute approximate surface area is 65.6 Å². The number of carbonyl (C=O) groups is 2. The van der Waals surface area contributed by atoms with E-state index in [2.05, 4.69) is 0 Å². The van der Waals surface area contributed by atoms with Gasteiger partial charge < -0.3 is 0 Å². The summed E-state index contributed by atoms with van der Waals surface area (Å²) < 4.78 is 0. The molecule has 0 bridgehead atoms. The Bertz CT molecular complexity index is 81.7. The fourth-order valence-corrected chi connectivity index (χ4v) is 0.116. The summed E-state index contributed by atoms with van der Waals surface area (Å²) in [5.41, 5.74) is 0. The van der Waals surface area contributed by atoms with Gasteiger partial charge in [-0.05, 0) is 0 Å². The fourth-order valence-electron chi connectivity index (χ4n) is 0.0196. The Morgan fingerprint density at radius 2 is 1.43 bits per heavy atom. The van der Waals surface area contributed by atoms with Crippen LogP contribution in [-0.4, -0.2) is 9.76 Å². The number of halogens is 2. The molecule has 0 atom stereocenters. The zero-order valence-corrected chi connectivity index (χ0v) is 9.13. The topological polar surface area (TPSA) is 34.1 Å². The second kappa shape index (κ2) is 3.45. The van der Waals surface area contributed by atoms with Crippen LogP contribution < -0.4 is 0 Å². The third-order valence-corrected chi connectivity index (χ3v) is 5.57. The molecule has 0 aliphatic carbocycles. The van der Waals surface area contributed by atoms with Gasteiger partial charge in [-0.25, -0.2) is 0 Å². The first kappa shape index (κ1) is 8.42. The first-order chi connectivity index (χ1) is 3.12. The van der Waals surface area contributed by atoms with Crippen molar-refractivity contribution in [3.8, 4) is 0 Å². The van der Waals surface area contributed by atoms with Crippen LogP contribution in [0.5, 0.6) is 0 Å². The van der Waals surface area contributed by atoms with Crippen molar-refractivity contribution < 1.29 is 17.3 Å². The third-order valence-electron chi connectivity index (χ3n) is 0.222. The van der Waals surface area contributed by atoms with Crippen LogP contribution in [0.15, 0.2) is 0 Å². The molecule has 0 spiro atoms. The summed E-state index contributed by atoms with van der Waals surface area (Å²) in [7, 11) is -2.35. The number of hydrogen-bond acceptors (Lipinski definition) is 2. The molecule has 0 rings (SSSR count).